The Morgan fingerprint density at radius 1 is 0.926 bits per heavy atom. The van der Waals surface area contributed by atoms with E-state index < -0.39 is 0 Å². The van der Waals surface area contributed by atoms with Gasteiger partial charge in [-0.3, -0.25) is 0 Å². The molecule has 0 aromatic heterocycles. The molecule has 1 N–H and O–H groups in total. The van der Waals surface area contributed by atoms with Gasteiger partial charge in [-0.05, 0) is 49.1 Å². The average molecular weight is 370 g/mol. The summed E-state index contributed by atoms with van der Waals surface area (Å²) in [6.45, 7) is 6.20. The number of hydrogen-bond donors (Lipinski definition) is 1. The summed E-state index contributed by atoms with van der Waals surface area (Å²) in [7, 11) is 1.70. The Kier molecular flexibility index (Phi) is 9.78. The third kappa shape index (κ3) is 7.64. The lowest BCUT2D eigenvalue weighted by molar-refractivity contribution is 0.297. The quantitative estimate of drug-likeness (QED) is 0.511. The Morgan fingerprint density at radius 3 is 2.44 bits per heavy atom. The molecule has 0 aliphatic carbocycles. The van der Waals surface area contributed by atoms with Crippen molar-refractivity contribution < 1.29 is 9.47 Å². The van der Waals surface area contributed by atoms with Crippen LogP contribution >= 0.6 is 0 Å². The van der Waals surface area contributed by atoms with E-state index in [9.17, 15) is 0 Å². The van der Waals surface area contributed by atoms with Gasteiger partial charge in [0.25, 0.3) is 0 Å². The van der Waals surface area contributed by atoms with Crippen molar-refractivity contribution in [2.75, 3.05) is 20.3 Å². The maximum absolute atomic E-state index is 6.07. The summed E-state index contributed by atoms with van der Waals surface area (Å²) in [4.78, 5) is 0. The predicted molar refractivity (Wildman–Crippen MR) is 114 cm³/mol. The minimum atomic E-state index is 0.524. The van der Waals surface area contributed by atoms with Gasteiger partial charge in [0.15, 0.2) is 11.5 Å². The third-order valence-corrected chi connectivity index (χ3v) is 4.79. The molecule has 0 aliphatic rings. The van der Waals surface area contributed by atoms with Gasteiger partial charge in [0.2, 0.25) is 0 Å². The Morgan fingerprint density at radius 2 is 1.74 bits per heavy atom. The van der Waals surface area contributed by atoms with Crippen LogP contribution in [0.25, 0.3) is 0 Å². The van der Waals surface area contributed by atoms with Crippen molar-refractivity contribution in [1.82, 2.24) is 5.32 Å². The summed E-state index contributed by atoms with van der Waals surface area (Å²) in [5.74, 6) is 1.65. The average Bonchev–Trinajstić information content (AvgIpc) is 2.71. The maximum Gasteiger partial charge on any atom is 0.161 e. The fourth-order valence-electron chi connectivity index (χ4n) is 3.24. The molecule has 0 heterocycles. The van der Waals surface area contributed by atoms with E-state index in [-0.39, 0.29) is 0 Å². The number of ether oxygens (including phenoxy) is 2. The van der Waals surface area contributed by atoms with Crippen molar-refractivity contribution in [3.63, 3.8) is 0 Å². The second kappa shape index (κ2) is 12.4. The van der Waals surface area contributed by atoms with Gasteiger partial charge in [-0.15, -0.1) is 0 Å². The van der Waals surface area contributed by atoms with E-state index >= 15 is 0 Å². The van der Waals surface area contributed by atoms with Gasteiger partial charge in [0, 0.05) is 12.5 Å². The second-order valence-corrected chi connectivity index (χ2v) is 7.07. The molecule has 2 aromatic carbocycles. The molecule has 27 heavy (non-hydrogen) atoms. The van der Waals surface area contributed by atoms with Gasteiger partial charge in [-0.25, -0.2) is 0 Å². The van der Waals surface area contributed by atoms with Crippen LogP contribution in [-0.4, -0.2) is 26.3 Å². The van der Waals surface area contributed by atoms with Crippen LogP contribution in [0.2, 0.25) is 0 Å². The van der Waals surface area contributed by atoms with Crippen LogP contribution in [0.1, 0.15) is 50.7 Å². The number of methoxy groups -OCH3 is 1. The molecule has 2 aromatic rings. The molecule has 0 spiro atoms. The first-order chi connectivity index (χ1) is 13.3. The second-order valence-electron chi connectivity index (χ2n) is 7.07. The van der Waals surface area contributed by atoms with Crippen LogP contribution in [0.5, 0.6) is 11.5 Å². The molecule has 3 nitrogen and oxygen atoms in total. The lowest BCUT2D eigenvalue weighted by atomic mass is 10.0. The largest absolute Gasteiger partial charge is 0.493 e. The third-order valence-electron chi connectivity index (χ3n) is 4.79. The van der Waals surface area contributed by atoms with Crippen molar-refractivity contribution in [3.8, 4) is 11.5 Å². The van der Waals surface area contributed by atoms with E-state index in [2.05, 4.69) is 55.6 Å². The first kappa shape index (κ1) is 21.3. The minimum absolute atomic E-state index is 0.524. The lowest BCUT2D eigenvalue weighted by Crippen LogP contribution is -2.31. The Balaban J connectivity index is 1.99. The number of unbranched alkanes of at least 4 members (excludes halogenated alkanes) is 1. The molecule has 0 saturated carbocycles. The fourth-order valence-corrected chi connectivity index (χ4v) is 3.24. The van der Waals surface area contributed by atoms with E-state index in [0.717, 1.165) is 30.9 Å². The summed E-state index contributed by atoms with van der Waals surface area (Å²) < 4.78 is 11.6. The molecule has 3 heteroatoms. The van der Waals surface area contributed by atoms with Crippen LogP contribution in [0.4, 0.5) is 0 Å². The molecule has 0 bridgehead atoms. The molecule has 1 atom stereocenters. The fraction of sp³-hybridized carbons (Fsp3) is 0.500. The zero-order valence-corrected chi connectivity index (χ0v) is 17.2. The zero-order chi connectivity index (χ0) is 19.3. The number of benzene rings is 2. The zero-order valence-electron chi connectivity index (χ0n) is 17.2. The molecule has 2 rings (SSSR count). The van der Waals surface area contributed by atoms with E-state index in [1.54, 1.807) is 7.11 Å². The van der Waals surface area contributed by atoms with Gasteiger partial charge in [0.1, 0.15) is 0 Å². The van der Waals surface area contributed by atoms with Crippen LogP contribution < -0.4 is 14.8 Å². The van der Waals surface area contributed by atoms with Gasteiger partial charge >= 0.3 is 0 Å². The van der Waals surface area contributed by atoms with Crippen LogP contribution in [0, 0.1) is 0 Å². The smallest absolute Gasteiger partial charge is 0.161 e. The Hall–Kier alpha value is -2.00. The van der Waals surface area contributed by atoms with Crippen LogP contribution in [0.3, 0.4) is 0 Å². The Labute approximate surface area is 165 Å². The van der Waals surface area contributed by atoms with Gasteiger partial charge in [-0.1, -0.05) is 63.1 Å². The highest BCUT2D eigenvalue weighted by Crippen LogP contribution is 2.29. The van der Waals surface area contributed by atoms with Crippen molar-refractivity contribution in [3.05, 3.63) is 59.7 Å². The highest BCUT2D eigenvalue weighted by atomic mass is 16.5. The van der Waals surface area contributed by atoms with Gasteiger partial charge < -0.3 is 14.8 Å². The van der Waals surface area contributed by atoms with Crippen molar-refractivity contribution in [2.24, 2.45) is 0 Å². The minimum Gasteiger partial charge on any atom is -0.493 e. The van der Waals surface area contributed by atoms with E-state index in [1.807, 2.05) is 12.1 Å². The monoisotopic (exact) mass is 369 g/mol. The van der Waals surface area contributed by atoms with E-state index in [0.29, 0.717) is 12.6 Å². The molecule has 148 valence electrons. The maximum atomic E-state index is 6.07. The summed E-state index contributed by atoms with van der Waals surface area (Å²) in [5.41, 5.74) is 2.59. The normalized spacial score (nSPS) is 12.0. The number of rotatable bonds is 13. The Bertz CT molecular complexity index is 634. The summed E-state index contributed by atoms with van der Waals surface area (Å²) >= 11 is 0. The molecular weight excluding hydrogens is 334 g/mol. The SMILES string of the molecule is CCCC[C@@H](Cc1ccc(OC)c(OCCc2ccccc2)c1)NCCC. The lowest BCUT2D eigenvalue weighted by Gasteiger charge is -2.19. The topological polar surface area (TPSA) is 30.5 Å². The van der Waals surface area contributed by atoms with Crippen LogP contribution in [-0.2, 0) is 12.8 Å². The summed E-state index contributed by atoms with van der Waals surface area (Å²) in [6.07, 6.45) is 6.80. The predicted octanol–water partition coefficient (Wildman–Crippen LogP) is 5.42. The highest BCUT2D eigenvalue weighted by molar-refractivity contribution is 5.43. The summed E-state index contributed by atoms with van der Waals surface area (Å²) in [6, 6.07) is 17.3. The molecule has 0 fully saturated rings. The molecule has 0 amide bonds. The number of nitrogens with one attached hydrogen (secondary N) is 1. The molecule has 0 radical (unpaired) electrons. The van der Waals surface area contributed by atoms with Crippen molar-refractivity contribution in [2.45, 2.75) is 58.4 Å². The van der Waals surface area contributed by atoms with E-state index in [1.165, 1.54) is 36.8 Å². The van der Waals surface area contributed by atoms with Crippen LogP contribution in [0.15, 0.2) is 48.5 Å². The van der Waals surface area contributed by atoms with Crippen molar-refractivity contribution in [1.29, 1.82) is 0 Å². The first-order valence-electron chi connectivity index (χ1n) is 10.3. The molecule has 0 saturated heterocycles. The first-order valence-corrected chi connectivity index (χ1v) is 10.3. The number of hydrogen-bond acceptors (Lipinski definition) is 3. The molecule has 0 unspecified atom stereocenters. The van der Waals surface area contributed by atoms with Gasteiger partial charge in [0.05, 0.1) is 13.7 Å². The summed E-state index contributed by atoms with van der Waals surface area (Å²) in [5, 5.41) is 3.69. The highest BCUT2D eigenvalue weighted by Gasteiger charge is 2.12. The molecular formula is C24H35NO2. The van der Waals surface area contributed by atoms with Crippen molar-refractivity contribution >= 4 is 0 Å². The standard InChI is InChI=1S/C24H35NO2/c1-4-6-12-22(25-16-5-2)18-21-13-14-23(26-3)24(19-21)27-17-15-20-10-8-7-9-11-20/h7-11,13-14,19,22,25H,4-6,12,15-18H2,1-3H3/t22-/m0/s1. The van der Waals surface area contributed by atoms with E-state index in [4.69, 9.17) is 9.47 Å². The van der Waals surface area contributed by atoms with Gasteiger partial charge in [-0.2, -0.15) is 0 Å². The molecule has 0 aliphatic heterocycles.